The highest BCUT2D eigenvalue weighted by Crippen LogP contribution is 2.13. The van der Waals surface area contributed by atoms with Crippen molar-refractivity contribution in [1.82, 2.24) is 5.32 Å². The summed E-state index contributed by atoms with van der Waals surface area (Å²) in [6, 6.07) is 12.4. The molecule has 1 N–H and O–H groups in total. The summed E-state index contributed by atoms with van der Waals surface area (Å²) in [4.78, 5) is 28.6. The second-order valence-electron chi connectivity index (χ2n) is 5.92. The van der Waals surface area contributed by atoms with Crippen LogP contribution in [0.15, 0.2) is 47.5 Å². The first kappa shape index (κ1) is 17.7. The molecule has 1 unspecified atom stereocenters. The van der Waals surface area contributed by atoms with Gasteiger partial charge in [-0.05, 0) is 42.0 Å². The van der Waals surface area contributed by atoms with E-state index in [2.05, 4.69) is 10.3 Å². The van der Waals surface area contributed by atoms with Crippen LogP contribution in [0.25, 0.3) is 6.08 Å². The lowest BCUT2D eigenvalue weighted by atomic mass is 10.00. The Morgan fingerprint density at radius 1 is 1.12 bits per heavy atom. The van der Waals surface area contributed by atoms with Gasteiger partial charge in [0.1, 0.15) is 11.5 Å². The SMILES string of the molecule is COc1cccc(C(=O)NCCC2C=c3ccc(OC)cc3=NC2=O)c1. The minimum absolute atomic E-state index is 0.200. The molecule has 2 aromatic rings. The number of amides is 2. The zero-order valence-electron chi connectivity index (χ0n) is 14.7. The molecular formula is C20H20N2O4. The van der Waals surface area contributed by atoms with Gasteiger partial charge in [0.25, 0.3) is 11.8 Å². The number of rotatable bonds is 6. The zero-order valence-corrected chi connectivity index (χ0v) is 14.7. The van der Waals surface area contributed by atoms with E-state index < -0.39 is 0 Å². The minimum atomic E-state index is -0.346. The molecule has 0 saturated carbocycles. The van der Waals surface area contributed by atoms with Crippen LogP contribution in [0.3, 0.4) is 0 Å². The lowest BCUT2D eigenvalue weighted by Crippen LogP contribution is -2.35. The van der Waals surface area contributed by atoms with Gasteiger partial charge in [0.05, 0.1) is 25.5 Å². The van der Waals surface area contributed by atoms with Gasteiger partial charge in [-0.15, -0.1) is 0 Å². The summed E-state index contributed by atoms with van der Waals surface area (Å²) < 4.78 is 10.3. The summed E-state index contributed by atoms with van der Waals surface area (Å²) in [7, 11) is 3.13. The third-order valence-corrected chi connectivity index (χ3v) is 4.24. The van der Waals surface area contributed by atoms with E-state index in [1.807, 2.05) is 18.2 Å². The monoisotopic (exact) mass is 352 g/mol. The van der Waals surface area contributed by atoms with Crippen LogP contribution in [0.4, 0.5) is 0 Å². The first-order valence-corrected chi connectivity index (χ1v) is 8.31. The van der Waals surface area contributed by atoms with E-state index in [-0.39, 0.29) is 17.7 Å². The van der Waals surface area contributed by atoms with Gasteiger partial charge in [0.2, 0.25) is 0 Å². The van der Waals surface area contributed by atoms with Crippen molar-refractivity contribution in [1.29, 1.82) is 0 Å². The van der Waals surface area contributed by atoms with E-state index in [0.717, 1.165) is 5.22 Å². The Bertz CT molecular complexity index is 953. The molecular weight excluding hydrogens is 332 g/mol. The van der Waals surface area contributed by atoms with E-state index in [4.69, 9.17) is 9.47 Å². The van der Waals surface area contributed by atoms with Crippen molar-refractivity contribution in [2.75, 3.05) is 20.8 Å². The molecule has 26 heavy (non-hydrogen) atoms. The highest BCUT2D eigenvalue weighted by molar-refractivity contribution is 5.94. The van der Waals surface area contributed by atoms with Crippen LogP contribution in [0.5, 0.6) is 11.5 Å². The van der Waals surface area contributed by atoms with Gasteiger partial charge in [0, 0.05) is 18.2 Å². The molecule has 1 heterocycles. The molecule has 0 aromatic heterocycles. The van der Waals surface area contributed by atoms with Crippen molar-refractivity contribution in [3.8, 4) is 11.5 Å². The van der Waals surface area contributed by atoms with Crippen molar-refractivity contribution in [2.24, 2.45) is 10.9 Å². The average Bonchev–Trinajstić information content (AvgIpc) is 2.67. The second-order valence-corrected chi connectivity index (χ2v) is 5.92. The number of carbonyl (C=O) groups excluding carboxylic acids is 2. The highest BCUT2D eigenvalue weighted by atomic mass is 16.5. The molecule has 2 aromatic carbocycles. The van der Waals surface area contributed by atoms with Crippen LogP contribution in [-0.4, -0.2) is 32.6 Å². The lowest BCUT2D eigenvalue weighted by Gasteiger charge is -2.13. The zero-order chi connectivity index (χ0) is 18.5. The van der Waals surface area contributed by atoms with E-state index in [0.29, 0.717) is 35.4 Å². The first-order valence-electron chi connectivity index (χ1n) is 8.31. The molecule has 1 aliphatic heterocycles. The number of carbonyl (C=O) groups is 2. The number of ether oxygens (including phenoxy) is 2. The predicted molar refractivity (Wildman–Crippen MR) is 96.7 cm³/mol. The summed E-state index contributed by atoms with van der Waals surface area (Å²) in [6.45, 7) is 0.379. The van der Waals surface area contributed by atoms with Gasteiger partial charge in [-0.2, -0.15) is 0 Å². The molecule has 0 aliphatic carbocycles. The molecule has 1 aliphatic rings. The Morgan fingerprint density at radius 2 is 1.88 bits per heavy atom. The van der Waals surface area contributed by atoms with Crippen molar-refractivity contribution >= 4 is 17.9 Å². The molecule has 0 saturated heterocycles. The number of methoxy groups -OCH3 is 2. The highest BCUT2D eigenvalue weighted by Gasteiger charge is 2.18. The normalized spacial score (nSPS) is 15.3. The van der Waals surface area contributed by atoms with Crippen LogP contribution in [0, 0.1) is 5.92 Å². The molecule has 6 nitrogen and oxygen atoms in total. The van der Waals surface area contributed by atoms with Crippen LogP contribution >= 0.6 is 0 Å². The summed E-state index contributed by atoms with van der Waals surface area (Å²) in [5.74, 6) is 0.536. The van der Waals surface area contributed by atoms with E-state index in [9.17, 15) is 9.59 Å². The Labute approximate surface area is 151 Å². The summed E-state index contributed by atoms with van der Waals surface area (Å²) in [5, 5.41) is 4.35. The number of nitrogens with one attached hydrogen (secondary N) is 1. The third-order valence-electron chi connectivity index (χ3n) is 4.24. The van der Waals surface area contributed by atoms with Gasteiger partial charge in [-0.25, -0.2) is 4.99 Å². The van der Waals surface area contributed by atoms with E-state index in [1.165, 1.54) is 0 Å². The standard InChI is InChI=1S/C20H20N2O4/c1-25-16-5-3-4-14(11-16)19(23)21-9-8-15-10-13-6-7-17(26-2)12-18(13)22-20(15)24/h3-7,10-12,15H,8-9H2,1-2H3,(H,21,23). The summed E-state index contributed by atoms with van der Waals surface area (Å²) >= 11 is 0. The number of hydrogen-bond acceptors (Lipinski definition) is 4. The van der Waals surface area contributed by atoms with Crippen molar-refractivity contribution < 1.29 is 19.1 Å². The van der Waals surface area contributed by atoms with E-state index in [1.54, 1.807) is 44.6 Å². The number of benzene rings is 2. The maximum atomic E-state index is 12.2. The number of fused-ring (bicyclic) bond motifs is 1. The minimum Gasteiger partial charge on any atom is -0.497 e. The number of hydrogen-bond donors (Lipinski definition) is 1. The molecule has 0 radical (unpaired) electrons. The van der Waals surface area contributed by atoms with Gasteiger partial charge in [-0.1, -0.05) is 12.1 Å². The molecule has 0 fully saturated rings. The maximum Gasteiger partial charge on any atom is 0.253 e. The molecule has 6 heteroatoms. The van der Waals surface area contributed by atoms with Gasteiger partial charge in [-0.3, -0.25) is 9.59 Å². The lowest BCUT2D eigenvalue weighted by molar-refractivity contribution is -0.120. The van der Waals surface area contributed by atoms with Crippen LogP contribution in [-0.2, 0) is 4.79 Å². The smallest absolute Gasteiger partial charge is 0.253 e. The molecule has 134 valence electrons. The largest absolute Gasteiger partial charge is 0.497 e. The predicted octanol–water partition coefficient (Wildman–Crippen LogP) is 1.08. The van der Waals surface area contributed by atoms with Crippen molar-refractivity contribution in [3.63, 3.8) is 0 Å². The Kier molecular flexibility index (Phi) is 5.31. The Balaban J connectivity index is 1.63. The Morgan fingerprint density at radius 3 is 2.65 bits per heavy atom. The van der Waals surface area contributed by atoms with Gasteiger partial charge in [0.15, 0.2) is 0 Å². The fourth-order valence-corrected chi connectivity index (χ4v) is 2.79. The molecule has 3 rings (SSSR count). The third kappa shape index (κ3) is 3.91. The van der Waals surface area contributed by atoms with Crippen molar-refractivity contribution in [3.05, 3.63) is 58.6 Å². The fraction of sp³-hybridized carbons (Fsp3) is 0.250. The Hall–Kier alpha value is -3.15. The first-order chi connectivity index (χ1) is 12.6. The maximum absolute atomic E-state index is 12.2. The molecule has 2 amide bonds. The molecule has 0 bridgehead atoms. The fourth-order valence-electron chi connectivity index (χ4n) is 2.79. The van der Waals surface area contributed by atoms with Gasteiger partial charge < -0.3 is 14.8 Å². The quantitative estimate of drug-likeness (QED) is 0.844. The molecule has 1 atom stereocenters. The van der Waals surface area contributed by atoms with Gasteiger partial charge >= 0.3 is 0 Å². The average molecular weight is 352 g/mol. The molecule has 0 spiro atoms. The van der Waals surface area contributed by atoms with Crippen LogP contribution in [0.2, 0.25) is 0 Å². The van der Waals surface area contributed by atoms with E-state index >= 15 is 0 Å². The summed E-state index contributed by atoms with van der Waals surface area (Å²) in [5.41, 5.74) is 0.519. The second kappa shape index (κ2) is 7.82. The van der Waals surface area contributed by atoms with Crippen LogP contribution in [0.1, 0.15) is 16.8 Å². The van der Waals surface area contributed by atoms with Crippen molar-refractivity contribution in [2.45, 2.75) is 6.42 Å². The number of nitrogens with zero attached hydrogens (tertiary/aromatic N) is 1. The topological polar surface area (TPSA) is 77.0 Å². The summed E-state index contributed by atoms with van der Waals surface area (Å²) in [6.07, 6.45) is 2.38. The van der Waals surface area contributed by atoms with Crippen LogP contribution < -0.4 is 25.4 Å².